The first-order valence-corrected chi connectivity index (χ1v) is 0. The predicted molar refractivity (Wildman–Crippen MR) is 48.8 cm³/mol. The summed E-state index contributed by atoms with van der Waals surface area (Å²) < 4.78 is 0. The van der Waals surface area contributed by atoms with Gasteiger partial charge in [-0.3, -0.25) is 0 Å². The molecule has 0 saturated heterocycles. The summed E-state index contributed by atoms with van der Waals surface area (Å²) in [4.78, 5) is 0. The molecule has 0 radical (unpaired) electrons. The molecule has 0 spiro atoms. The van der Waals surface area contributed by atoms with Gasteiger partial charge in [0.25, 0.3) is 0 Å². The Morgan fingerprint density at radius 1 is 0.200 bits per heavy atom. The summed E-state index contributed by atoms with van der Waals surface area (Å²) in [6.45, 7) is 0. The highest BCUT2D eigenvalue weighted by atomic mass is 16.0. The maximum atomic E-state index is 0. The molecule has 0 amide bonds. The number of rotatable bonds is 0. The van der Waals surface area contributed by atoms with E-state index in [9.17, 15) is 0 Å². The van der Waals surface area contributed by atoms with Crippen LogP contribution in [0, 0.1) is 0 Å². The second-order valence-electron chi connectivity index (χ2n) is 0. The first-order chi connectivity index (χ1) is 0. The molecule has 10 heavy (non-hydrogen) atoms. The first-order valence-electron chi connectivity index (χ1n) is 0. The van der Waals surface area contributed by atoms with Crippen LogP contribution < -0.4 is 55.4 Å². The Morgan fingerprint density at radius 2 is 0.200 bits per heavy atom. The topological polar surface area (TPSA) is 346 Å². The minimum atomic E-state index is 0. The SMILES string of the molecule is N.N.N.N.N.N.N.N.N.O. The molecule has 29 N–H and O–H groups in total. The van der Waals surface area contributed by atoms with Gasteiger partial charge in [-0.25, -0.2) is 0 Å². The van der Waals surface area contributed by atoms with Crippen LogP contribution in [0.25, 0.3) is 0 Å². The number of hydrogen-bond donors (Lipinski definition) is 9. The van der Waals surface area contributed by atoms with Gasteiger partial charge >= 0.3 is 0 Å². The molecule has 0 fully saturated rings. The van der Waals surface area contributed by atoms with Gasteiger partial charge in [-0.05, 0) is 0 Å². The molecule has 0 aromatic carbocycles. The molecule has 0 aliphatic rings. The zero-order valence-electron chi connectivity index (χ0n) is 6.86. The summed E-state index contributed by atoms with van der Waals surface area (Å²) in [6, 6.07) is 0. The average Bonchev–Trinajstić information content (AvgIpc) is 0. The molecule has 0 rings (SSSR count). The molecule has 10 heteroatoms. The zero-order chi connectivity index (χ0) is 0. The summed E-state index contributed by atoms with van der Waals surface area (Å²) in [5.74, 6) is 0. The van der Waals surface area contributed by atoms with Gasteiger partial charge in [-0.2, -0.15) is 0 Å². The molecule has 0 bridgehead atoms. The van der Waals surface area contributed by atoms with Crippen molar-refractivity contribution in [3.05, 3.63) is 0 Å². The largest absolute Gasteiger partial charge is 0.412 e. The van der Waals surface area contributed by atoms with Crippen LogP contribution in [0.2, 0.25) is 0 Å². The van der Waals surface area contributed by atoms with Crippen LogP contribution in [0.4, 0.5) is 0 Å². The molecule has 0 aromatic rings. The fourth-order valence-electron chi connectivity index (χ4n) is 0. The van der Waals surface area contributed by atoms with Crippen molar-refractivity contribution >= 4 is 0 Å². The highest BCUT2D eigenvalue weighted by Crippen LogP contribution is -0.289. The van der Waals surface area contributed by atoms with Crippen LogP contribution in [0.15, 0.2) is 0 Å². The summed E-state index contributed by atoms with van der Waals surface area (Å²) >= 11 is 0. The van der Waals surface area contributed by atoms with Gasteiger partial charge in [0.2, 0.25) is 0 Å². The molecular formula is H29N9O. The fraction of sp³-hybridized carbons (Fsp3) is 0. The minimum absolute atomic E-state index is 0. The Hall–Kier alpha value is -0.400. The molecule has 0 unspecified atom stereocenters. The molecule has 0 aliphatic carbocycles. The van der Waals surface area contributed by atoms with Crippen molar-refractivity contribution in [3.63, 3.8) is 0 Å². The molecule has 0 aliphatic heterocycles. The lowest BCUT2D eigenvalue weighted by Crippen LogP contribution is -0.482. The van der Waals surface area contributed by atoms with Gasteiger partial charge in [-0.15, -0.1) is 0 Å². The first kappa shape index (κ1) is 4440. The molecule has 80 valence electrons. The Bertz CT molecular complexity index is 4.69. The fourth-order valence-corrected chi connectivity index (χ4v) is 0. The van der Waals surface area contributed by atoms with Gasteiger partial charge in [-0.1, -0.05) is 0 Å². The summed E-state index contributed by atoms with van der Waals surface area (Å²) in [5, 5.41) is 0. The third kappa shape index (κ3) is 2070. The van der Waals surface area contributed by atoms with Gasteiger partial charge in [0.05, 0.1) is 0 Å². The van der Waals surface area contributed by atoms with E-state index in [1.165, 1.54) is 0 Å². The van der Waals surface area contributed by atoms with Crippen molar-refractivity contribution < 1.29 is 5.48 Å². The van der Waals surface area contributed by atoms with Gasteiger partial charge < -0.3 is 60.8 Å². The Morgan fingerprint density at radius 3 is 0.200 bits per heavy atom. The quantitative estimate of drug-likeness (QED) is 0.246. The molecule has 0 heterocycles. The standard InChI is InChI=1S/9H3N.H2O/h9*1H3;1H2. The van der Waals surface area contributed by atoms with E-state index in [1.54, 1.807) is 0 Å². The van der Waals surface area contributed by atoms with Crippen LogP contribution in [-0.4, -0.2) is 5.48 Å². The van der Waals surface area contributed by atoms with E-state index < -0.39 is 0 Å². The third-order valence-electron chi connectivity index (χ3n) is 0. The molecule has 10 nitrogen and oxygen atoms in total. The second-order valence-corrected chi connectivity index (χ2v) is 0. The maximum Gasteiger partial charge on any atom is -0.344 e. The second kappa shape index (κ2) is 3100. The van der Waals surface area contributed by atoms with Crippen LogP contribution in [0.1, 0.15) is 0 Å². The van der Waals surface area contributed by atoms with Gasteiger partial charge in [0.1, 0.15) is 0 Å². The summed E-state index contributed by atoms with van der Waals surface area (Å²) in [7, 11) is 0. The maximum absolute atomic E-state index is 0. The smallest absolute Gasteiger partial charge is 0.344 e. The molecular weight excluding hydrogens is 142 g/mol. The lowest BCUT2D eigenvalue weighted by Gasteiger charge is -0.412. The van der Waals surface area contributed by atoms with Crippen molar-refractivity contribution in [2.45, 2.75) is 0 Å². The zero-order valence-corrected chi connectivity index (χ0v) is 6.86. The normalized spacial score (nSPS) is 0. The average molecular weight is 171 g/mol. The Kier molecular flexibility index (Phi) is 1380000. The van der Waals surface area contributed by atoms with Crippen molar-refractivity contribution in [2.24, 2.45) is 0 Å². The predicted octanol–water partition coefficient (Wildman–Crippen LogP) is 0.633. The van der Waals surface area contributed by atoms with Crippen molar-refractivity contribution in [1.29, 1.82) is 0 Å². The van der Waals surface area contributed by atoms with Crippen LogP contribution in [-0.2, 0) is 0 Å². The van der Waals surface area contributed by atoms with Crippen LogP contribution >= 0.6 is 0 Å². The number of hydrogen-bond acceptors (Lipinski definition) is 9. The van der Waals surface area contributed by atoms with Gasteiger partial charge in [0, 0.05) is 0 Å². The van der Waals surface area contributed by atoms with Crippen molar-refractivity contribution in [1.82, 2.24) is 55.4 Å². The highest BCUT2D eigenvalue weighted by molar-refractivity contribution is 2.14. The molecule has 0 aromatic heterocycles. The van der Waals surface area contributed by atoms with Crippen LogP contribution in [0.3, 0.4) is 0 Å². The van der Waals surface area contributed by atoms with E-state index in [0.717, 1.165) is 0 Å². The van der Waals surface area contributed by atoms with E-state index in [2.05, 4.69) is 0 Å². The van der Waals surface area contributed by atoms with E-state index >= 15 is 0 Å². The van der Waals surface area contributed by atoms with E-state index in [1.807, 2.05) is 0 Å². The molecule has 0 saturated carbocycles. The summed E-state index contributed by atoms with van der Waals surface area (Å²) in [6.07, 6.45) is 0. The monoisotopic (exact) mass is 171 g/mol. The minimum Gasteiger partial charge on any atom is -0.412 e. The Labute approximate surface area is 62.1 Å². The summed E-state index contributed by atoms with van der Waals surface area (Å²) in [5.41, 5.74) is 0. The lowest BCUT2D eigenvalue weighted by atomic mass is 14.0. The van der Waals surface area contributed by atoms with Crippen molar-refractivity contribution in [3.8, 4) is 0 Å². The van der Waals surface area contributed by atoms with E-state index in [-0.39, 0.29) is 60.8 Å². The highest BCUT2D eigenvalue weighted by Gasteiger charge is -0.336. The van der Waals surface area contributed by atoms with E-state index in [4.69, 9.17) is 0 Å². The van der Waals surface area contributed by atoms with Gasteiger partial charge in [0.15, 0.2) is 0 Å². The lowest BCUT2D eigenvalue weighted by molar-refractivity contribution is 0.824. The molecule has 0 atom stereocenters. The van der Waals surface area contributed by atoms with Crippen molar-refractivity contribution in [2.75, 3.05) is 0 Å². The third-order valence-corrected chi connectivity index (χ3v) is 0. The van der Waals surface area contributed by atoms with E-state index in [0.29, 0.717) is 0 Å². The Balaban J connectivity index is 0. The van der Waals surface area contributed by atoms with Crippen LogP contribution in [0.5, 0.6) is 0 Å².